The van der Waals surface area contributed by atoms with E-state index in [1.165, 1.54) is 0 Å². The third kappa shape index (κ3) is 4.04. The van der Waals surface area contributed by atoms with Crippen molar-refractivity contribution in [3.05, 3.63) is 17.7 Å². The second-order valence-electron chi connectivity index (χ2n) is 6.16. The summed E-state index contributed by atoms with van der Waals surface area (Å²) in [6.45, 7) is 5.72. The van der Waals surface area contributed by atoms with Crippen molar-refractivity contribution in [2.45, 2.75) is 51.7 Å². The molecule has 0 bridgehead atoms. The average molecular weight is 314 g/mol. The number of carbonyl (C=O) groups excluding carboxylic acids is 1. The van der Waals surface area contributed by atoms with E-state index in [-0.39, 0.29) is 11.9 Å². The molecule has 0 saturated heterocycles. The summed E-state index contributed by atoms with van der Waals surface area (Å²) in [4.78, 5) is 16.7. The third-order valence-corrected chi connectivity index (χ3v) is 4.34. The van der Waals surface area contributed by atoms with E-state index >= 15 is 0 Å². The smallest absolute Gasteiger partial charge is 0.240 e. The molecule has 1 aliphatic rings. The molecule has 118 valence electrons. The quantitative estimate of drug-likeness (QED) is 0.815. The molecule has 2 rings (SSSR count). The Labute approximate surface area is 125 Å². The first-order chi connectivity index (χ1) is 9.57. The Morgan fingerprint density at radius 2 is 2.14 bits per heavy atom. The topological polar surface area (TPSA) is 93.1 Å². The Morgan fingerprint density at radius 1 is 1.48 bits per heavy atom. The Morgan fingerprint density at radius 3 is 2.76 bits per heavy atom. The summed E-state index contributed by atoms with van der Waals surface area (Å²) in [5, 5.41) is 2.92. The van der Waals surface area contributed by atoms with E-state index in [1.807, 2.05) is 17.7 Å². The SMILES string of the molecule is Cc1cn2c(n1)CCC(NC(=O)C(C)(C)NS(C)(=O)=O)C2. The number of rotatable bonds is 4. The van der Waals surface area contributed by atoms with Gasteiger partial charge in [0.2, 0.25) is 15.9 Å². The van der Waals surface area contributed by atoms with Crippen LogP contribution >= 0.6 is 0 Å². The number of aryl methyl sites for hydroxylation is 2. The van der Waals surface area contributed by atoms with Crippen molar-refractivity contribution < 1.29 is 13.2 Å². The summed E-state index contributed by atoms with van der Waals surface area (Å²) in [5.41, 5.74) is -0.199. The number of fused-ring (bicyclic) bond motifs is 1. The van der Waals surface area contributed by atoms with E-state index in [0.29, 0.717) is 6.54 Å². The van der Waals surface area contributed by atoms with Gasteiger partial charge < -0.3 is 9.88 Å². The summed E-state index contributed by atoms with van der Waals surface area (Å²) in [5.74, 6) is 0.713. The molecule has 1 atom stereocenters. The van der Waals surface area contributed by atoms with E-state index in [0.717, 1.165) is 30.6 Å². The van der Waals surface area contributed by atoms with Gasteiger partial charge in [0.25, 0.3) is 0 Å². The van der Waals surface area contributed by atoms with Crippen LogP contribution in [0.1, 0.15) is 31.8 Å². The highest BCUT2D eigenvalue weighted by molar-refractivity contribution is 7.88. The minimum atomic E-state index is -3.44. The standard InChI is InChI=1S/C13H22N4O3S/c1-9-7-17-8-10(5-6-11(17)14-9)15-12(18)13(2,3)16-21(4,19)20/h7,10,16H,5-6,8H2,1-4H3,(H,15,18). The van der Waals surface area contributed by atoms with Crippen molar-refractivity contribution in [2.24, 2.45) is 0 Å². The average Bonchev–Trinajstić information content (AvgIpc) is 2.65. The van der Waals surface area contributed by atoms with E-state index in [1.54, 1.807) is 13.8 Å². The summed E-state index contributed by atoms with van der Waals surface area (Å²) in [6.07, 6.45) is 4.62. The minimum absolute atomic E-state index is 0.0146. The van der Waals surface area contributed by atoms with Crippen LogP contribution in [-0.2, 0) is 27.8 Å². The summed E-state index contributed by atoms with van der Waals surface area (Å²) < 4.78 is 27.0. The van der Waals surface area contributed by atoms with Crippen molar-refractivity contribution in [3.63, 3.8) is 0 Å². The van der Waals surface area contributed by atoms with Gasteiger partial charge in [-0.2, -0.15) is 0 Å². The molecule has 1 aromatic rings. The van der Waals surface area contributed by atoms with Gasteiger partial charge in [-0.1, -0.05) is 0 Å². The molecule has 0 aromatic carbocycles. The lowest BCUT2D eigenvalue weighted by molar-refractivity contribution is -0.126. The minimum Gasteiger partial charge on any atom is -0.350 e. The molecule has 1 unspecified atom stereocenters. The van der Waals surface area contributed by atoms with Crippen LogP contribution in [0.4, 0.5) is 0 Å². The van der Waals surface area contributed by atoms with Crippen LogP contribution in [0.25, 0.3) is 0 Å². The fourth-order valence-corrected chi connectivity index (χ4v) is 3.60. The van der Waals surface area contributed by atoms with Crippen molar-refractivity contribution in [1.29, 1.82) is 0 Å². The normalized spacial score (nSPS) is 19.1. The lowest BCUT2D eigenvalue weighted by Crippen LogP contribution is -2.57. The highest BCUT2D eigenvalue weighted by atomic mass is 32.2. The molecule has 0 radical (unpaired) electrons. The van der Waals surface area contributed by atoms with Crippen molar-refractivity contribution in [1.82, 2.24) is 19.6 Å². The van der Waals surface area contributed by atoms with Crippen molar-refractivity contribution >= 4 is 15.9 Å². The number of sulfonamides is 1. The number of nitrogens with zero attached hydrogens (tertiary/aromatic N) is 2. The maximum absolute atomic E-state index is 12.3. The van der Waals surface area contributed by atoms with E-state index < -0.39 is 15.6 Å². The molecule has 2 N–H and O–H groups in total. The molecule has 0 spiro atoms. The van der Waals surface area contributed by atoms with Gasteiger partial charge in [0.15, 0.2) is 0 Å². The lowest BCUT2D eigenvalue weighted by Gasteiger charge is -2.30. The second-order valence-corrected chi connectivity index (χ2v) is 7.91. The van der Waals surface area contributed by atoms with Crippen LogP contribution in [0.3, 0.4) is 0 Å². The van der Waals surface area contributed by atoms with Gasteiger partial charge in [0.1, 0.15) is 11.4 Å². The fourth-order valence-electron chi connectivity index (χ4n) is 2.58. The molecule has 2 heterocycles. The molecule has 0 aliphatic carbocycles. The first kappa shape index (κ1) is 16.0. The molecule has 21 heavy (non-hydrogen) atoms. The molecule has 1 aromatic heterocycles. The number of aromatic nitrogens is 2. The molecular weight excluding hydrogens is 292 g/mol. The van der Waals surface area contributed by atoms with Crippen LogP contribution < -0.4 is 10.0 Å². The highest BCUT2D eigenvalue weighted by Gasteiger charge is 2.33. The lowest BCUT2D eigenvalue weighted by atomic mass is 10.0. The van der Waals surface area contributed by atoms with Crippen LogP contribution in [0.5, 0.6) is 0 Å². The number of carbonyl (C=O) groups is 1. The van der Waals surface area contributed by atoms with Crippen LogP contribution in [0.15, 0.2) is 6.20 Å². The van der Waals surface area contributed by atoms with Crippen LogP contribution in [0.2, 0.25) is 0 Å². The Bertz CT molecular complexity index is 648. The van der Waals surface area contributed by atoms with Gasteiger partial charge >= 0.3 is 0 Å². The Kier molecular flexibility index (Phi) is 4.12. The number of imidazole rings is 1. The molecule has 7 nitrogen and oxygen atoms in total. The predicted octanol–water partition coefficient (Wildman–Crippen LogP) is -0.0497. The van der Waals surface area contributed by atoms with Crippen LogP contribution in [-0.4, -0.2) is 41.7 Å². The molecular formula is C13H22N4O3S. The van der Waals surface area contributed by atoms with Gasteiger partial charge in [-0.3, -0.25) is 4.79 Å². The zero-order chi connectivity index (χ0) is 15.8. The Hall–Kier alpha value is -1.41. The molecule has 8 heteroatoms. The number of nitrogens with one attached hydrogen (secondary N) is 2. The van der Waals surface area contributed by atoms with Gasteiger partial charge in [0.05, 0.1) is 11.9 Å². The van der Waals surface area contributed by atoms with Gasteiger partial charge in [-0.05, 0) is 27.2 Å². The first-order valence-electron chi connectivity index (χ1n) is 6.89. The zero-order valence-electron chi connectivity index (χ0n) is 12.8. The Balaban J connectivity index is 2.01. The third-order valence-electron chi connectivity index (χ3n) is 3.46. The van der Waals surface area contributed by atoms with E-state index in [9.17, 15) is 13.2 Å². The number of amides is 1. The molecule has 1 amide bonds. The largest absolute Gasteiger partial charge is 0.350 e. The zero-order valence-corrected chi connectivity index (χ0v) is 13.6. The number of hydrogen-bond donors (Lipinski definition) is 2. The fraction of sp³-hybridized carbons (Fsp3) is 0.692. The highest BCUT2D eigenvalue weighted by Crippen LogP contribution is 2.16. The van der Waals surface area contributed by atoms with Crippen molar-refractivity contribution in [3.8, 4) is 0 Å². The predicted molar refractivity (Wildman–Crippen MR) is 79.3 cm³/mol. The molecule has 0 saturated carbocycles. The monoisotopic (exact) mass is 314 g/mol. The molecule has 1 aliphatic heterocycles. The number of hydrogen-bond acceptors (Lipinski definition) is 4. The maximum Gasteiger partial charge on any atom is 0.240 e. The summed E-state index contributed by atoms with van der Waals surface area (Å²) in [6, 6.07) is -0.0146. The maximum atomic E-state index is 12.3. The van der Waals surface area contributed by atoms with Gasteiger partial charge in [-0.25, -0.2) is 18.1 Å². The van der Waals surface area contributed by atoms with Crippen molar-refractivity contribution in [2.75, 3.05) is 6.26 Å². The van der Waals surface area contributed by atoms with Gasteiger partial charge in [-0.15, -0.1) is 0 Å². The first-order valence-corrected chi connectivity index (χ1v) is 8.78. The van der Waals surface area contributed by atoms with Crippen LogP contribution in [0, 0.1) is 6.92 Å². The van der Waals surface area contributed by atoms with E-state index in [4.69, 9.17) is 0 Å². The summed E-state index contributed by atoms with van der Waals surface area (Å²) in [7, 11) is -3.44. The van der Waals surface area contributed by atoms with Gasteiger partial charge in [0, 0.05) is 25.2 Å². The molecule has 0 fully saturated rings. The summed E-state index contributed by atoms with van der Waals surface area (Å²) >= 11 is 0. The second kappa shape index (κ2) is 5.42. The van der Waals surface area contributed by atoms with E-state index in [2.05, 4.69) is 15.0 Å².